The lowest BCUT2D eigenvalue weighted by Crippen LogP contribution is -1.97. The fourth-order valence-electron chi connectivity index (χ4n) is 4.66. The third-order valence-electron chi connectivity index (χ3n) is 6.89. The zero-order valence-corrected chi connectivity index (χ0v) is 23.9. The van der Waals surface area contributed by atoms with Crippen molar-refractivity contribution in [1.29, 1.82) is 5.26 Å². The van der Waals surface area contributed by atoms with Crippen molar-refractivity contribution < 1.29 is 9.47 Å². The molecule has 1 N–H and O–H groups in total. The number of aromatic nitrogens is 1. The van der Waals surface area contributed by atoms with E-state index in [2.05, 4.69) is 24.9 Å². The van der Waals surface area contributed by atoms with Crippen molar-refractivity contribution in [1.82, 2.24) is 4.98 Å². The van der Waals surface area contributed by atoms with Crippen molar-refractivity contribution in [2.24, 2.45) is 0 Å². The maximum absolute atomic E-state index is 9.83. The standard InChI is InChI=1S/C33H43ClN2O2/c1-3-5-7-9-11-13-23-37-28-19-15-26(16-20-28)31-30(25-35)33(34)36-32(31)27-17-21-29(22-18-27)38-24-14-12-10-8-6-4-2/h15-22,36H,3-14,23-24H2,1-2H3. The van der Waals surface area contributed by atoms with Gasteiger partial charge in [0, 0.05) is 5.56 Å². The van der Waals surface area contributed by atoms with Crippen molar-refractivity contribution in [2.75, 3.05) is 13.2 Å². The molecule has 1 aromatic heterocycles. The molecule has 0 aliphatic heterocycles. The van der Waals surface area contributed by atoms with Crippen LogP contribution >= 0.6 is 11.6 Å². The highest BCUT2D eigenvalue weighted by Crippen LogP contribution is 2.39. The molecule has 0 aliphatic carbocycles. The number of benzene rings is 2. The molecule has 204 valence electrons. The highest BCUT2D eigenvalue weighted by molar-refractivity contribution is 6.31. The van der Waals surface area contributed by atoms with E-state index in [4.69, 9.17) is 21.1 Å². The van der Waals surface area contributed by atoms with Crippen LogP contribution in [0.2, 0.25) is 5.15 Å². The van der Waals surface area contributed by atoms with E-state index in [1.807, 2.05) is 48.5 Å². The van der Waals surface area contributed by atoms with E-state index in [9.17, 15) is 5.26 Å². The van der Waals surface area contributed by atoms with E-state index in [1.54, 1.807) is 0 Å². The van der Waals surface area contributed by atoms with Crippen molar-refractivity contribution in [3.8, 4) is 40.0 Å². The predicted octanol–water partition coefficient (Wildman–Crippen LogP) is 10.4. The minimum absolute atomic E-state index is 0.351. The molecule has 3 rings (SSSR count). The molecule has 0 saturated heterocycles. The van der Waals surface area contributed by atoms with Crippen LogP contribution in [0.3, 0.4) is 0 Å². The number of aromatic amines is 1. The molecule has 4 nitrogen and oxygen atoms in total. The summed E-state index contributed by atoms with van der Waals surface area (Å²) in [6, 6.07) is 18.2. The number of hydrogen-bond donors (Lipinski definition) is 1. The number of hydrogen-bond acceptors (Lipinski definition) is 3. The summed E-state index contributed by atoms with van der Waals surface area (Å²) < 4.78 is 11.9. The van der Waals surface area contributed by atoms with Gasteiger partial charge >= 0.3 is 0 Å². The number of unbranched alkanes of at least 4 members (excludes halogenated alkanes) is 10. The Kier molecular flexibility index (Phi) is 13.1. The maximum atomic E-state index is 9.83. The van der Waals surface area contributed by atoms with Gasteiger partial charge in [-0.25, -0.2) is 0 Å². The van der Waals surface area contributed by atoms with Gasteiger partial charge in [0.1, 0.15) is 22.7 Å². The minimum Gasteiger partial charge on any atom is -0.494 e. The summed E-state index contributed by atoms with van der Waals surface area (Å²) in [6.45, 7) is 5.93. The van der Waals surface area contributed by atoms with E-state index < -0.39 is 0 Å². The summed E-state index contributed by atoms with van der Waals surface area (Å²) in [5.74, 6) is 1.70. The second-order valence-electron chi connectivity index (χ2n) is 9.96. The number of nitrogens with one attached hydrogen (secondary N) is 1. The van der Waals surface area contributed by atoms with E-state index in [1.165, 1.54) is 64.2 Å². The summed E-state index contributed by atoms with van der Waals surface area (Å²) in [5, 5.41) is 10.2. The van der Waals surface area contributed by atoms with Gasteiger partial charge < -0.3 is 14.5 Å². The largest absolute Gasteiger partial charge is 0.494 e. The van der Waals surface area contributed by atoms with Crippen LogP contribution in [-0.2, 0) is 0 Å². The Labute approximate surface area is 234 Å². The van der Waals surface area contributed by atoms with Crippen molar-refractivity contribution in [2.45, 2.75) is 90.9 Å². The van der Waals surface area contributed by atoms with Gasteiger partial charge in [-0.15, -0.1) is 0 Å². The maximum Gasteiger partial charge on any atom is 0.125 e. The van der Waals surface area contributed by atoms with Gasteiger partial charge in [0.25, 0.3) is 0 Å². The van der Waals surface area contributed by atoms with E-state index >= 15 is 0 Å². The van der Waals surface area contributed by atoms with E-state index in [0.29, 0.717) is 10.7 Å². The Balaban J connectivity index is 1.61. The Morgan fingerprint density at radius 3 is 1.58 bits per heavy atom. The number of nitrogens with zero attached hydrogens (tertiary/aromatic N) is 1. The average Bonchev–Trinajstić information content (AvgIpc) is 3.28. The zero-order valence-electron chi connectivity index (χ0n) is 23.2. The average molecular weight is 535 g/mol. The molecule has 0 radical (unpaired) electrons. The summed E-state index contributed by atoms with van der Waals surface area (Å²) in [4.78, 5) is 3.22. The lowest BCUT2D eigenvalue weighted by molar-refractivity contribution is 0.304. The number of H-pyrrole nitrogens is 1. The summed E-state index contributed by atoms with van der Waals surface area (Å²) in [6.07, 6.45) is 14.9. The zero-order chi connectivity index (χ0) is 27.0. The number of rotatable bonds is 18. The lowest BCUT2D eigenvalue weighted by atomic mass is 9.98. The van der Waals surface area contributed by atoms with Crippen LogP contribution in [0.15, 0.2) is 48.5 Å². The first kappa shape index (κ1) is 29.7. The summed E-state index contributed by atoms with van der Waals surface area (Å²) >= 11 is 6.44. The number of ether oxygens (including phenoxy) is 2. The molecular formula is C33H43ClN2O2. The van der Waals surface area contributed by atoms with Gasteiger partial charge in [0.05, 0.1) is 24.5 Å². The molecule has 0 atom stereocenters. The highest BCUT2D eigenvalue weighted by atomic mass is 35.5. The monoisotopic (exact) mass is 534 g/mol. The molecule has 2 aromatic carbocycles. The first-order valence-electron chi connectivity index (χ1n) is 14.5. The van der Waals surface area contributed by atoms with Crippen LogP contribution in [-0.4, -0.2) is 18.2 Å². The number of halogens is 1. The first-order chi connectivity index (χ1) is 18.7. The second kappa shape index (κ2) is 16.8. The van der Waals surface area contributed by atoms with Crippen LogP contribution in [0.4, 0.5) is 0 Å². The Hall–Kier alpha value is -2.90. The molecule has 3 aromatic rings. The topological polar surface area (TPSA) is 58.0 Å². The van der Waals surface area contributed by atoms with Crippen molar-refractivity contribution in [3.63, 3.8) is 0 Å². The Morgan fingerprint density at radius 2 is 1.11 bits per heavy atom. The smallest absolute Gasteiger partial charge is 0.125 e. The van der Waals surface area contributed by atoms with E-state index in [0.717, 1.165) is 59.9 Å². The van der Waals surface area contributed by atoms with Crippen LogP contribution in [0.25, 0.3) is 22.4 Å². The molecular weight excluding hydrogens is 492 g/mol. The van der Waals surface area contributed by atoms with Gasteiger partial charge in [-0.1, -0.05) is 102 Å². The highest BCUT2D eigenvalue weighted by Gasteiger charge is 2.19. The molecule has 0 fully saturated rings. The molecule has 0 unspecified atom stereocenters. The predicted molar refractivity (Wildman–Crippen MR) is 159 cm³/mol. The normalized spacial score (nSPS) is 10.9. The fourth-order valence-corrected chi connectivity index (χ4v) is 4.89. The van der Waals surface area contributed by atoms with Gasteiger partial charge in [-0.05, 0) is 60.4 Å². The summed E-state index contributed by atoms with van der Waals surface area (Å²) in [5.41, 5.74) is 3.97. The first-order valence-corrected chi connectivity index (χ1v) is 14.8. The molecule has 38 heavy (non-hydrogen) atoms. The van der Waals surface area contributed by atoms with Gasteiger partial charge in [-0.2, -0.15) is 5.26 Å². The number of nitriles is 1. The Morgan fingerprint density at radius 1 is 0.658 bits per heavy atom. The Bertz CT molecular complexity index is 1110. The van der Waals surface area contributed by atoms with Crippen LogP contribution in [0.5, 0.6) is 11.5 Å². The van der Waals surface area contributed by atoms with Gasteiger partial charge in [0.2, 0.25) is 0 Å². The van der Waals surface area contributed by atoms with Crippen LogP contribution in [0.1, 0.15) is 96.5 Å². The molecule has 0 spiro atoms. The third-order valence-corrected chi connectivity index (χ3v) is 7.17. The van der Waals surface area contributed by atoms with Gasteiger partial charge in [-0.3, -0.25) is 0 Å². The van der Waals surface area contributed by atoms with E-state index in [-0.39, 0.29) is 0 Å². The van der Waals surface area contributed by atoms with Crippen LogP contribution < -0.4 is 9.47 Å². The minimum atomic E-state index is 0.351. The van der Waals surface area contributed by atoms with Crippen molar-refractivity contribution in [3.05, 3.63) is 59.2 Å². The lowest BCUT2D eigenvalue weighted by Gasteiger charge is -2.10. The molecule has 0 saturated carbocycles. The van der Waals surface area contributed by atoms with Crippen molar-refractivity contribution >= 4 is 11.6 Å². The molecule has 0 bridgehead atoms. The molecule has 1 heterocycles. The summed E-state index contributed by atoms with van der Waals surface area (Å²) in [7, 11) is 0. The molecule has 0 aliphatic rings. The molecule has 5 heteroatoms. The second-order valence-corrected chi connectivity index (χ2v) is 10.3. The third kappa shape index (κ3) is 9.14. The quantitative estimate of drug-likeness (QED) is 0.165. The SMILES string of the molecule is CCCCCCCCOc1ccc(-c2[nH]c(Cl)c(C#N)c2-c2ccc(OCCCCCCCC)cc2)cc1. The fraction of sp³-hybridized carbons (Fsp3) is 0.485. The van der Waals surface area contributed by atoms with Gasteiger partial charge in [0.15, 0.2) is 0 Å². The molecule has 0 amide bonds. The van der Waals surface area contributed by atoms with Crippen LogP contribution in [0, 0.1) is 11.3 Å².